The van der Waals surface area contributed by atoms with Crippen LogP contribution in [0.1, 0.15) is 51.9 Å². The van der Waals surface area contributed by atoms with Crippen LogP contribution in [-0.4, -0.2) is 37.1 Å². The first-order valence-electron chi connectivity index (χ1n) is 8.67. The highest BCUT2D eigenvalue weighted by molar-refractivity contribution is 5.02. The van der Waals surface area contributed by atoms with E-state index >= 15 is 0 Å². The summed E-state index contributed by atoms with van der Waals surface area (Å²) in [5.41, 5.74) is 0.763. The number of piperazine rings is 1. The van der Waals surface area contributed by atoms with E-state index in [1.54, 1.807) is 38.5 Å². The highest BCUT2D eigenvalue weighted by atomic mass is 15.2. The molecule has 0 spiro atoms. The monoisotopic (exact) mass is 262 g/mol. The van der Waals surface area contributed by atoms with Crippen LogP contribution in [0.2, 0.25) is 0 Å². The zero-order valence-electron chi connectivity index (χ0n) is 12.5. The molecule has 4 aliphatic carbocycles. The number of nitrogens with zero attached hydrogens (tertiary/aromatic N) is 1. The van der Waals surface area contributed by atoms with Crippen LogP contribution < -0.4 is 5.32 Å². The second kappa shape index (κ2) is 4.73. The van der Waals surface area contributed by atoms with Gasteiger partial charge in [-0.2, -0.15) is 0 Å². The van der Waals surface area contributed by atoms with E-state index < -0.39 is 0 Å². The van der Waals surface area contributed by atoms with Gasteiger partial charge in [0, 0.05) is 32.2 Å². The van der Waals surface area contributed by atoms with Crippen LogP contribution in [0.4, 0.5) is 0 Å². The minimum absolute atomic E-state index is 0.763. The summed E-state index contributed by atoms with van der Waals surface area (Å²) in [7, 11) is 0. The molecule has 1 heterocycles. The van der Waals surface area contributed by atoms with Crippen LogP contribution in [0.3, 0.4) is 0 Å². The number of hydrogen-bond acceptors (Lipinski definition) is 2. The summed E-state index contributed by atoms with van der Waals surface area (Å²) < 4.78 is 0. The molecule has 5 aliphatic rings. The molecule has 1 unspecified atom stereocenters. The quantitative estimate of drug-likeness (QED) is 0.841. The molecule has 2 heteroatoms. The Hall–Kier alpha value is -0.0800. The molecule has 4 bridgehead atoms. The molecule has 1 aliphatic heterocycles. The number of rotatable bonds is 3. The van der Waals surface area contributed by atoms with Crippen LogP contribution in [0.5, 0.6) is 0 Å². The van der Waals surface area contributed by atoms with E-state index in [1.807, 2.05) is 0 Å². The van der Waals surface area contributed by atoms with Crippen molar-refractivity contribution in [2.24, 2.45) is 23.2 Å². The highest BCUT2D eigenvalue weighted by Gasteiger charge is 2.51. The summed E-state index contributed by atoms with van der Waals surface area (Å²) in [4.78, 5) is 2.75. The number of hydrogen-bond donors (Lipinski definition) is 1. The normalized spacial score (nSPS) is 47.5. The van der Waals surface area contributed by atoms with E-state index in [4.69, 9.17) is 0 Å². The van der Waals surface area contributed by atoms with Crippen LogP contribution in [0.25, 0.3) is 0 Å². The Morgan fingerprint density at radius 1 is 1.00 bits per heavy atom. The molecule has 0 amide bonds. The van der Waals surface area contributed by atoms with Crippen molar-refractivity contribution in [3.05, 3.63) is 0 Å². The van der Waals surface area contributed by atoms with Gasteiger partial charge in [-0.15, -0.1) is 0 Å². The third kappa shape index (κ3) is 2.35. The van der Waals surface area contributed by atoms with Gasteiger partial charge in [0.15, 0.2) is 0 Å². The summed E-state index contributed by atoms with van der Waals surface area (Å²) in [6.07, 6.45) is 11.0. The van der Waals surface area contributed by atoms with E-state index in [1.165, 1.54) is 32.6 Å². The zero-order valence-corrected chi connectivity index (χ0v) is 12.5. The Bertz CT molecular complexity index is 297. The molecule has 1 N–H and O–H groups in total. The SMILES string of the molecule is CC(CC12CC3CC(CC(C3)C1)C2)N1CCNCC1. The maximum atomic E-state index is 3.49. The molecule has 19 heavy (non-hydrogen) atoms. The minimum atomic E-state index is 0.763. The van der Waals surface area contributed by atoms with Gasteiger partial charge in [-0.25, -0.2) is 0 Å². The third-order valence-corrected chi connectivity index (χ3v) is 6.67. The van der Waals surface area contributed by atoms with Crippen molar-refractivity contribution in [1.29, 1.82) is 0 Å². The Morgan fingerprint density at radius 2 is 1.53 bits per heavy atom. The van der Waals surface area contributed by atoms with E-state index in [9.17, 15) is 0 Å². The minimum Gasteiger partial charge on any atom is -0.314 e. The lowest BCUT2D eigenvalue weighted by Crippen LogP contribution is -2.52. The van der Waals surface area contributed by atoms with E-state index in [0.717, 1.165) is 29.2 Å². The molecule has 0 radical (unpaired) electrons. The molecule has 0 aromatic carbocycles. The molecule has 108 valence electrons. The van der Waals surface area contributed by atoms with Gasteiger partial charge in [0.25, 0.3) is 0 Å². The highest BCUT2D eigenvalue weighted by Crippen LogP contribution is 2.61. The summed E-state index contributed by atoms with van der Waals surface area (Å²) in [6, 6.07) is 0.818. The molecule has 0 aromatic heterocycles. The second-order valence-electron chi connectivity index (χ2n) is 8.26. The lowest BCUT2D eigenvalue weighted by Gasteiger charge is -2.58. The topological polar surface area (TPSA) is 15.3 Å². The molecule has 1 saturated heterocycles. The molecule has 5 rings (SSSR count). The van der Waals surface area contributed by atoms with Crippen molar-refractivity contribution >= 4 is 0 Å². The van der Waals surface area contributed by atoms with Gasteiger partial charge in [-0.3, -0.25) is 4.90 Å². The first-order valence-corrected chi connectivity index (χ1v) is 8.67. The Morgan fingerprint density at radius 3 is 2.05 bits per heavy atom. The van der Waals surface area contributed by atoms with Crippen molar-refractivity contribution in [2.75, 3.05) is 26.2 Å². The van der Waals surface area contributed by atoms with Crippen LogP contribution >= 0.6 is 0 Å². The molecule has 1 atom stereocenters. The Balaban J connectivity index is 1.44. The second-order valence-corrected chi connectivity index (χ2v) is 8.26. The first-order chi connectivity index (χ1) is 9.22. The summed E-state index contributed by atoms with van der Waals surface area (Å²) in [5.74, 6) is 3.34. The van der Waals surface area contributed by atoms with Gasteiger partial charge >= 0.3 is 0 Å². The molecule has 5 fully saturated rings. The van der Waals surface area contributed by atoms with Gasteiger partial charge in [-0.1, -0.05) is 0 Å². The van der Waals surface area contributed by atoms with Gasteiger partial charge in [0.2, 0.25) is 0 Å². The van der Waals surface area contributed by atoms with Crippen LogP contribution in [-0.2, 0) is 0 Å². The third-order valence-electron chi connectivity index (χ3n) is 6.67. The number of nitrogens with one attached hydrogen (secondary N) is 1. The molecule has 2 nitrogen and oxygen atoms in total. The fourth-order valence-electron chi connectivity index (χ4n) is 6.42. The Kier molecular flexibility index (Phi) is 3.15. The van der Waals surface area contributed by atoms with Crippen molar-refractivity contribution < 1.29 is 0 Å². The van der Waals surface area contributed by atoms with Crippen molar-refractivity contribution in [3.63, 3.8) is 0 Å². The average molecular weight is 262 g/mol. The van der Waals surface area contributed by atoms with Crippen molar-refractivity contribution in [1.82, 2.24) is 10.2 Å². The van der Waals surface area contributed by atoms with Crippen LogP contribution in [0.15, 0.2) is 0 Å². The fourth-order valence-corrected chi connectivity index (χ4v) is 6.42. The summed E-state index contributed by atoms with van der Waals surface area (Å²) in [6.45, 7) is 7.45. The molecular formula is C17H30N2. The van der Waals surface area contributed by atoms with Gasteiger partial charge in [0.05, 0.1) is 0 Å². The standard InChI is InChI=1S/C17H30N2/c1-13(19-4-2-18-3-5-19)9-17-10-14-6-15(11-17)8-16(7-14)12-17/h13-16,18H,2-12H2,1H3. The van der Waals surface area contributed by atoms with Crippen LogP contribution in [0, 0.1) is 23.2 Å². The largest absolute Gasteiger partial charge is 0.314 e. The summed E-state index contributed by atoms with van der Waals surface area (Å²) >= 11 is 0. The smallest absolute Gasteiger partial charge is 0.0110 e. The fraction of sp³-hybridized carbons (Fsp3) is 1.00. The average Bonchev–Trinajstić information content (AvgIpc) is 2.37. The maximum absolute atomic E-state index is 3.49. The predicted molar refractivity (Wildman–Crippen MR) is 79.1 cm³/mol. The maximum Gasteiger partial charge on any atom is 0.0110 e. The molecular weight excluding hydrogens is 232 g/mol. The van der Waals surface area contributed by atoms with Crippen molar-refractivity contribution in [3.8, 4) is 0 Å². The van der Waals surface area contributed by atoms with Crippen molar-refractivity contribution in [2.45, 2.75) is 57.9 Å². The lowest BCUT2D eigenvalue weighted by molar-refractivity contribution is -0.0689. The lowest BCUT2D eigenvalue weighted by atomic mass is 9.48. The summed E-state index contributed by atoms with van der Waals surface area (Å²) in [5, 5.41) is 3.49. The molecule has 4 saturated carbocycles. The first kappa shape index (κ1) is 12.6. The zero-order chi connectivity index (χ0) is 12.9. The molecule has 0 aromatic rings. The van der Waals surface area contributed by atoms with E-state index in [0.29, 0.717) is 0 Å². The predicted octanol–water partition coefficient (Wildman–Crippen LogP) is 2.89. The van der Waals surface area contributed by atoms with Gasteiger partial charge in [0.1, 0.15) is 0 Å². The van der Waals surface area contributed by atoms with E-state index in [2.05, 4.69) is 17.1 Å². The Labute approximate surface area is 118 Å². The van der Waals surface area contributed by atoms with Gasteiger partial charge in [-0.05, 0) is 75.0 Å². The van der Waals surface area contributed by atoms with E-state index in [-0.39, 0.29) is 0 Å². The van der Waals surface area contributed by atoms with Gasteiger partial charge < -0.3 is 5.32 Å².